The lowest BCUT2D eigenvalue weighted by molar-refractivity contribution is -0.966. The maximum atomic E-state index is 2.46. The average molecular weight is 156 g/mol. The molecule has 0 aromatic carbocycles. The Morgan fingerprint density at radius 3 is 2.27 bits per heavy atom. The number of nitrogens with two attached hydrogens (primary N) is 1. The zero-order valence-corrected chi connectivity index (χ0v) is 7.31. The zero-order valence-electron chi connectivity index (χ0n) is 7.31. The second-order valence-corrected chi connectivity index (χ2v) is 4.01. The minimum Gasteiger partial charge on any atom is -0.337 e. The van der Waals surface area contributed by atoms with Crippen molar-refractivity contribution in [2.75, 3.05) is 26.2 Å². The van der Waals surface area contributed by atoms with E-state index in [1.54, 1.807) is 0 Å². The van der Waals surface area contributed by atoms with Crippen molar-refractivity contribution < 1.29 is 10.2 Å². The maximum Gasteiger partial charge on any atom is 0.127 e. The number of hydrogen-bond donors (Lipinski definition) is 2. The summed E-state index contributed by atoms with van der Waals surface area (Å²) in [6.45, 7) is 5.58. The molecule has 1 aliphatic heterocycles. The molecule has 0 aromatic rings. The summed E-state index contributed by atoms with van der Waals surface area (Å²) in [4.78, 5) is 1.91. The van der Waals surface area contributed by atoms with Crippen LogP contribution < -0.4 is 10.2 Å². The third-order valence-corrected chi connectivity index (χ3v) is 3.27. The van der Waals surface area contributed by atoms with Crippen LogP contribution in [0, 0.1) is 0 Å². The second kappa shape index (κ2) is 3.55. The van der Waals surface area contributed by atoms with E-state index in [9.17, 15) is 0 Å². The van der Waals surface area contributed by atoms with Gasteiger partial charge in [0.25, 0.3) is 0 Å². The minimum atomic E-state index is 1.05. The first kappa shape index (κ1) is 7.56. The van der Waals surface area contributed by atoms with Crippen molar-refractivity contribution in [3.05, 3.63) is 0 Å². The molecule has 64 valence electrons. The highest BCUT2D eigenvalue weighted by molar-refractivity contribution is 4.65. The maximum absolute atomic E-state index is 2.46. The van der Waals surface area contributed by atoms with Crippen LogP contribution in [0.5, 0.6) is 0 Å². The van der Waals surface area contributed by atoms with Gasteiger partial charge in [0.2, 0.25) is 0 Å². The van der Waals surface area contributed by atoms with Gasteiger partial charge in [-0.3, -0.25) is 0 Å². The van der Waals surface area contributed by atoms with E-state index >= 15 is 0 Å². The van der Waals surface area contributed by atoms with Gasteiger partial charge in [0, 0.05) is 0 Å². The highest BCUT2D eigenvalue weighted by Gasteiger charge is 2.27. The predicted octanol–water partition coefficient (Wildman–Crippen LogP) is -1.61. The number of quaternary nitrogens is 2. The molecular formula is C9H20N2+2. The Labute approximate surface area is 69.0 Å². The van der Waals surface area contributed by atoms with Crippen LogP contribution in [0.3, 0.4) is 0 Å². The Bertz CT molecular complexity index is 113. The van der Waals surface area contributed by atoms with Crippen molar-refractivity contribution >= 4 is 0 Å². The first-order valence-electron chi connectivity index (χ1n) is 5.13. The van der Waals surface area contributed by atoms with E-state index < -0.39 is 0 Å². The second-order valence-electron chi connectivity index (χ2n) is 4.01. The largest absolute Gasteiger partial charge is 0.337 e. The Balaban J connectivity index is 1.82. The summed E-state index contributed by atoms with van der Waals surface area (Å²) in [5.41, 5.74) is 0. The standard InChI is InChI=1S/C9H18N2/c1-2-4-9(3-1)11-7-5-10-6-8-11/h9-10H,1-8H2/p+2. The summed E-state index contributed by atoms with van der Waals surface area (Å²) < 4.78 is 0. The van der Waals surface area contributed by atoms with Gasteiger partial charge in [-0.25, -0.2) is 0 Å². The first-order chi connectivity index (χ1) is 5.47. The van der Waals surface area contributed by atoms with Crippen molar-refractivity contribution in [1.29, 1.82) is 0 Å². The van der Waals surface area contributed by atoms with Crippen LogP contribution in [-0.4, -0.2) is 32.2 Å². The number of hydrogen-bond acceptors (Lipinski definition) is 0. The Hall–Kier alpha value is -0.0800. The van der Waals surface area contributed by atoms with Gasteiger partial charge in [0.15, 0.2) is 0 Å². The van der Waals surface area contributed by atoms with E-state index in [2.05, 4.69) is 5.32 Å². The topological polar surface area (TPSA) is 21.1 Å². The molecule has 2 nitrogen and oxygen atoms in total. The highest BCUT2D eigenvalue weighted by atomic mass is 15.2. The molecule has 0 atom stereocenters. The van der Waals surface area contributed by atoms with E-state index in [0.717, 1.165) is 6.04 Å². The molecule has 1 saturated carbocycles. The Kier molecular flexibility index (Phi) is 2.44. The molecule has 0 spiro atoms. The molecule has 2 fully saturated rings. The van der Waals surface area contributed by atoms with Crippen molar-refractivity contribution in [1.82, 2.24) is 0 Å². The van der Waals surface area contributed by atoms with Gasteiger partial charge in [-0.2, -0.15) is 0 Å². The lowest BCUT2D eigenvalue weighted by Crippen LogP contribution is -3.22. The van der Waals surface area contributed by atoms with Crippen molar-refractivity contribution in [2.45, 2.75) is 31.7 Å². The zero-order chi connectivity index (χ0) is 7.52. The predicted molar refractivity (Wildman–Crippen MR) is 44.6 cm³/mol. The third kappa shape index (κ3) is 1.74. The van der Waals surface area contributed by atoms with Crippen molar-refractivity contribution in [2.24, 2.45) is 0 Å². The molecule has 0 bridgehead atoms. The van der Waals surface area contributed by atoms with Gasteiger partial charge in [-0.05, 0) is 25.7 Å². The number of rotatable bonds is 1. The SMILES string of the molecule is C1CCC([NH+]2CC[NH2+]CC2)C1. The van der Waals surface area contributed by atoms with Gasteiger partial charge >= 0.3 is 0 Å². The van der Waals surface area contributed by atoms with E-state index in [-0.39, 0.29) is 0 Å². The molecule has 0 amide bonds. The summed E-state index contributed by atoms with van der Waals surface area (Å²) in [5.74, 6) is 0. The lowest BCUT2D eigenvalue weighted by atomic mass is 10.2. The molecule has 0 unspecified atom stereocenters. The van der Waals surface area contributed by atoms with E-state index in [1.807, 2.05) is 4.90 Å². The monoisotopic (exact) mass is 156 g/mol. The molecule has 1 saturated heterocycles. The van der Waals surface area contributed by atoms with Crippen LogP contribution in [0.15, 0.2) is 0 Å². The third-order valence-electron chi connectivity index (χ3n) is 3.27. The summed E-state index contributed by atoms with van der Waals surface area (Å²) in [6.07, 6.45) is 6.01. The van der Waals surface area contributed by atoms with Crippen LogP contribution in [0.4, 0.5) is 0 Å². The van der Waals surface area contributed by atoms with Crippen molar-refractivity contribution in [3.63, 3.8) is 0 Å². The molecule has 0 radical (unpaired) electrons. The normalized spacial score (nSPS) is 29.5. The lowest BCUT2D eigenvalue weighted by Gasteiger charge is -2.27. The first-order valence-corrected chi connectivity index (χ1v) is 5.13. The fraction of sp³-hybridized carbons (Fsp3) is 1.00. The smallest absolute Gasteiger partial charge is 0.127 e. The fourth-order valence-corrected chi connectivity index (χ4v) is 2.59. The molecule has 1 aliphatic carbocycles. The molecule has 2 rings (SSSR count). The average Bonchev–Trinajstić information content (AvgIpc) is 2.58. The van der Waals surface area contributed by atoms with Crippen LogP contribution in [0.2, 0.25) is 0 Å². The summed E-state index contributed by atoms with van der Waals surface area (Å²) in [6, 6.07) is 1.05. The molecule has 0 aromatic heterocycles. The van der Waals surface area contributed by atoms with Crippen LogP contribution in [0.1, 0.15) is 25.7 Å². The highest BCUT2D eigenvalue weighted by Crippen LogP contribution is 2.15. The summed E-state index contributed by atoms with van der Waals surface area (Å²) >= 11 is 0. The Morgan fingerprint density at radius 1 is 1.00 bits per heavy atom. The van der Waals surface area contributed by atoms with Gasteiger partial charge in [0.05, 0.1) is 6.04 Å². The van der Waals surface area contributed by atoms with Gasteiger partial charge in [-0.15, -0.1) is 0 Å². The Morgan fingerprint density at radius 2 is 1.64 bits per heavy atom. The molecule has 2 aliphatic rings. The molecule has 11 heavy (non-hydrogen) atoms. The molecule has 3 N–H and O–H groups in total. The molecule has 1 heterocycles. The quantitative estimate of drug-likeness (QED) is 0.456. The summed E-state index contributed by atoms with van der Waals surface area (Å²) in [7, 11) is 0. The van der Waals surface area contributed by atoms with Gasteiger partial charge in [-0.1, -0.05) is 0 Å². The van der Waals surface area contributed by atoms with Crippen LogP contribution >= 0.6 is 0 Å². The van der Waals surface area contributed by atoms with Gasteiger partial charge in [0.1, 0.15) is 26.2 Å². The van der Waals surface area contributed by atoms with E-state index in [4.69, 9.17) is 0 Å². The number of piperazine rings is 1. The van der Waals surface area contributed by atoms with E-state index in [0.29, 0.717) is 0 Å². The van der Waals surface area contributed by atoms with E-state index in [1.165, 1.54) is 51.9 Å². The van der Waals surface area contributed by atoms with Crippen LogP contribution in [-0.2, 0) is 0 Å². The minimum absolute atomic E-state index is 1.05. The van der Waals surface area contributed by atoms with Gasteiger partial charge < -0.3 is 10.2 Å². The molecule has 2 heteroatoms. The number of nitrogens with one attached hydrogen (secondary N) is 1. The van der Waals surface area contributed by atoms with Crippen molar-refractivity contribution in [3.8, 4) is 0 Å². The molecular weight excluding hydrogens is 136 g/mol. The fourth-order valence-electron chi connectivity index (χ4n) is 2.59. The van der Waals surface area contributed by atoms with Crippen LogP contribution in [0.25, 0.3) is 0 Å². The summed E-state index contributed by atoms with van der Waals surface area (Å²) in [5, 5.41) is 2.46.